The van der Waals surface area contributed by atoms with Gasteiger partial charge in [-0.25, -0.2) is 4.79 Å². The lowest BCUT2D eigenvalue weighted by Gasteiger charge is -2.18. The Labute approximate surface area is 167 Å². The van der Waals surface area contributed by atoms with Gasteiger partial charge < -0.3 is 14.0 Å². The Bertz CT molecular complexity index is 1150. The summed E-state index contributed by atoms with van der Waals surface area (Å²) in [6.45, 7) is 3.67. The van der Waals surface area contributed by atoms with Crippen LogP contribution >= 0.6 is 0 Å². The van der Waals surface area contributed by atoms with Crippen molar-refractivity contribution in [1.82, 2.24) is 4.57 Å². The van der Waals surface area contributed by atoms with Gasteiger partial charge in [-0.1, -0.05) is 24.3 Å². The van der Waals surface area contributed by atoms with Gasteiger partial charge in [0.15, 0.2) is 0 Å². The number of hydrogen-bond donors (Lipinski definition) is 0. The number of ether oxygens (including phenoxy) is 2. The molecule has 6 nitrogen and oxygen atoms in total. The van der Waals surface area contributed by atoms with E-state index in [1.165, 1.54) is 0 Å². The Morgan fingerprint density at radius 1 is 0.966 bits per heavy atom. The zero-order chi connectivity index (χ0) is 20.7. The summed E-state index contributed by atoms with van der Waals surface area (Å²) < 4.78 is 12.1. The number of benzene rings is 2. The smallest absolute Gasteiger partial charge is 0.340 e. The van der Waals surface area contributed by atoms with Gasteiger partial charge >= 0.3 is 5.97 Å². The molecular formula is C23H19NO5. The van der Waals surface area contributed by atoms with E-state index >= 15 is 0 Å². The van der Waals surface area contributed by atoms with Crippen LogP contribution in [0.4, 0.5) is 0 Å². The van der Waals surface area contributed by atoms with Gasteiger partial charge in [0.25, 0.3) is 5.78 Å². The van der Waals surface area contributed by atoms with Gasteiger partial charge in [-0.2, -0.15) is 0 Å². The predicted molar refractivity (Wildman–Crippen MR) is 107 cm³/mol. The molecule has 0 N–H and O–H groups in total. The minimum Gasteiger partial charge on any atom is -0.497 e. The van der Waals surface area contributed by atoms with E-state index in [2.05, 4.69) is 0 Å². The molecule has 146 valence electrons. The number of Topliss-reactive ketones (excluding diaryl/α,β-unsaturated/α-hetero) is 2. The molecule has 0 aliphatic heterocycles. The zero-order valence-corrected chi connectivity index (χ0v) is 16.3. The van der Waals surface area contributed by atoms with Gasteiger partial charge in [-0.05, 0) is 43.7 Å². The summed E-state index contributed by atoms with van der Waals surface area (Å²) >= 11 is 0. The molecule has 29 heavy (non-hydrogen) atoms. The third kappa shape index (κ3) is 2.76. The molecule has 0 atom stereocenters. The largest absolute Gasteiger partial charge is 0.497 e. The Morgan fingerprint density at radius 3 is 2.24 bits per heavy atom. The van der Waals surface area contributed by atoms with Gasteiger partial charge in [-0.15, -0.1) is 0 Å². The summed E-state index contributed by atoms with van der Waals surface area (Å²) in [7, 11) is 1.57. The van der Waals surface area contributed by atoms with Crippen LogP contribution in [-0.2, 0) is 4.74 Å². The summed E-state index contributed by atoms with van der Waals surface area (Å²) in [5.41, 5.74) is 2.96. The number of methoxy groups -OCH3 is 1. The van der Waals surface area contributed by atoms with Crippen molar-refractivity contribution in [3.05, 3.63) is 71.0 Å². The molecule has 0 fully saturated rings. The number of carbonyl (C=O) groups is 3. The van der Waals surface area contributed by atoms with Crippen molar-refractivity contribution in [3.8, 4) is 22.6 Å². The minimum atomic E-state index is -0.645. The number of ketones is 2. The summed E-state index contributed by atoms with van der Waals surface area (Å²) in [6, 6.07) is 13.9. The lowest BCUT2D eigenvalue weighted by atomic mass is 9.86. The lowest BCUT2D eigenvalue weighted by molar-refractivity contribution is 0.0526. The fourth-order valence-corrected chi connectivity index (χ4v) is 3.80. The van der Waals surface area contributed by atoms with Crippen molar-refractivity contribution in [1.29, 1.82) is 0 Å². The monoisotopic (exact) mass is 389 g/mol. The van der Waals surface area contributed by atoms with Crippen molar-refractivity contribution in [2.75, 3.05) is 13.7 Å². The second kappa shape index (κ2) is 7.05. The SMILES string of the molecule is CCOC(=O)c1c2c(n(-c3ccc(OC)cc3)c1C)C(=O)C(=O)c1ccccc1-2. The molecule has 0 unspecified atom stereocenters. The lowest BCUT2D eigenvalue weighted by Crippen LogP contribution is -2.24. The van der Waals surface area contributed by atoms with Crippen LogP contribution < -0.4 is 4.74 Å². The summed E-state index contributed by atoms with van der Waals surface area (Å²) in [5, 5.41) is 0. The van der Waals surface area contributed by atoms with Gasteiger partial charge in [0.2, 0.25) is 5.78 Å². The Balaban J connectivity index is 2.08. The fraction of sp³-hybridized carbons (Fsp3) is 0.174. The highest BCUT2D eigenvalue weighted by Gasteiger charge is 2.39. The normalized spacial score (nSPS) is 12.4. The van der Waals surface area contributed by atoms with Gasteiger partial charge in [0.05, 0.1) is 19.3 Å². The summed E-state index contributed by atoms with van der Waals surface area (Å²) in [6.07, 6.45) is 0. The van der Waals surface area contributed by atoms with Gasteiger partial charge in [0, 0.05) is 22.5 Å². The number of esters is 1. The third-order valence-corrected chi connectivity index (χ3v) is 5.08. The molecule has 1 aliphatic rings. The van der Waals surface area contributed by atoms with Crippen molar-refractivity contribution in [2.45, 2.75) is 13.8 Å². The van der Waals surface area contributed by atoms with Crippen molar-refractivity contribution < 1.29 is 23.9 Å². The highest BCUT2D eigenvalue weighted by Crippen LogP contribution is 2.41. The van der Waals surface area contributed by atoms with E-state index in [-0.39, 0.29) is 12.3 Å². The second-order valence-electron chi connectivity index (χ2n) is 6.64. The minimum absolute atomic E-state index is 0.180. The summed E-state index contributed by atoms with van der Waals surface area (Å²) in [5.74, 6) is -1.10. The highest BCUT2D eigenvalue weighted by molar-refractivity contribution is 6.53. The van der Waals surface area contributed by atoms with Gasteiger partial charge in [-0.3, -0.25) is 9.59 Å². The van der Waals surface area contributed by atoms with Gasteiger partial charge in [0.1, 0.15) is 11.4 Å². The van der Waals surface area contributed by atoms with E-state index in [1.807, 2.05) is 0 Å². The first-order valence-electron chi connectivity index (χ1n) is 9.24. The van der Waals surface area contributed by atoms with Crippen LogP contribution in [0.2, 0.25) is 0 Å². The first-order valence-corrected chi connectivity index (χ1v) is 9.24. The van der Waals surface area contributed by atoms with Crippen LogP contribution in [-0.4, -0.2) is 35.8 Å². The first-order chi connectivity index (χ1) is 14.0. The van der Waals surface area contributed by atoms with E-state index in [0.29, 0.717) is 39.4 Å². The number of nitrogens with zero attached hydrogens (tertiary/aromatic N) is 1. The molecule has 1 aliphatic carbocycles. The number of fused-ring (bicyclic) bond motifs is 3. The molecule has 4 rings (SSSR count). The van der Waals surface area contributed by atoms with E-state index < -0.39 is 17.5 Å². The van der Waals surface area contributed by atoms with Crippen LogP contribution in [0, 0.1) is 6.92 Å². The third-order valence-electron chi connectivity index (χ3n) is 5.08. The number of carbonyl (C=O) groups excluding carboxylic acids is 3. The molecule has 0 radical (unpaired) electrons. The molecule has 0 bridgehead atoms. The molecule has 1 aromatic heterocycles. The maximum Gasteiger partial charge on any atom is 0.340 e. The van der Waals surface area contributed by atoms with E-state index in [4.69, 9.17) is 9.47 Å². The molecule has 3 aromatic rings. The summed E-state index contributed by atoms with van der Waals surface area (Å²) in [4.78, 5) is 38.7. The fourth-order valence-electron chi connectivity index (χ4n) is 3.80. The quantitative estimate of drug-likeness (QED) is 0.498. The highest BCUT2D eigenvalue weighted by atomic mass is 16.5. The molecule has 1 heterocycles. The number of aromatic nitrogens is 1. The van der Waals surface area contributed by atoms with Crippen molar-refractivity contribution in [2.24, 2.45) is 0 Å². The van der Waals surface area contributed by atoms with Crippen LogP contribution in [0.25, 0.3) is 16.8 Å². The molecular weight excluding hydrogens is 370 g/mol. The second-order valence-corrected chi connectivity index (χ2v) is 6.64. The molecule has 0 saturated carbocycles. The maximum absolute atomic E-state index is 13.1. The van der Waals surface area contributed by atoms with Crippen LogP contribution in [0.15, 0.2) is 48.5 Å². The predicted octanol–water partition coefficient (Wildman–Crippen LogP) is 4.02. The average Bonchev–Trinajstić information content (AvgIpc) is 3.05. The maximum atomic E-state index is 13.1. The number of rotatable bonds is 4. The van der Waals surface area contributed by atoms with Crippen molar-refractivity contribution in [3.63, 3.8) is 0 Å². The number of hydrogen-bond acceptors (Lipinski definition) is 5. The van der Waals surface area contributed by atoms with Crippen LogP contribution in [0.5, 0.6) is 5.75 Å². The topological polar surface area (TPSA) is 74.6 Å². The van der Waals surface area contributed by atoms with E-state index in [9.17, 15) is 14.4 Å². The molecule has 0 amide bonds. The van der Waals surface area contributed by atoms with Crippen LogP contribution in [0.1, 0.15) is 43.8 Å². The molecule has 6 heteroatoms. The van der Waals surface area contributed by atoms with E-state index in [1.54, 1.807) is 74.1 Å². The zero-order valence-electron chi connectivity index (χ0n) is 16.3. The van der Waals surface area contributed by atoms with E-state index in [0.717, 1.165) is 0 Å². The van der Waals surface area contributed by atoms with Crippen LogP contribution in [0.3, 0.4) is 0 Å². The first kappa shape index (κ1) is 18.7. The Hall–Kier alpha value is -3.67. The molecule has 2 aromatic carbocycles. The average molecular weight is 389 g/mol. The Morgan fingerprint density at radius 2 is 1.62 bits per heavy atom. The molecule has 0 saturated heterocycles. The van der Waals surface area contributed by atoms with Crippen molar-refractivity contribution >= 4 is 17.5 Å². The standard InChI is InChI=1S/C23H19NO5/c1-4-29-23(27)18-13(2)24(14-9-11-15(28-3)12-10-14)20-19(18)16-7-5-6-8-17(16)21(25)22(20)26/h5-12H,4H2,1-3H3. The Kier molecular flexibility index (Phi) is 4.54. The molecule has 0 spiro atoms.